The normalized spacial score (nSPS) is 19.2. The second-order valence-corrected chi connectivity index (χ2v) is 7.68. The predicted octanol–water partition coefficient (Wildman–Crippen LogP) is 3.47. The number of benzene rings is 1. The molecule has 2 aliphatic heterocycles. The highest BCUT2D eigenvalue weighted by Crippen LogP contribution is 2.28. The van der Waals surface area contributed by atoms with Crippen molar-refractivity contribution in [3.05, 3.63) is 40.6 Å². The largest absolute Gasteiger partial charge is 0.335 e. The average Bonchev–Trinajstić information content (AvgIpc) is 2.56. The first kappa shape index (κ1) is 16.5. The molecule has 132 valence electrons. The minimum atomic E-state index is 0.173. The molecule has 2 aromatic rings. The van der Waals surface area contributed by atoms with Crippen LogP contribution in [0.15, 0.2) is 18.2 Å². The lowest BCUT2D eigenvalue weighted by molar-refractivity contribution is 0.0204. The number of likely N-dealkylation sites (tertiary alicyclic amines) is 2. The molecule has 0 radical (unpaired) electrons. The topological polar surface area (TPSA) is 36.4 Å². The van der Waals surface area contributed by atoms with Gasteiger partial charge in [0.2, 0.25) is 0 Å². The Morgan fingerprint density at radius 3 is 2.52 bits per heavy atom. The van der Waals surface area contributed by atoms with Gasteiger partial charge in [0.1, 0.15) is 0 Å². The Labute approximate surface area is 149 Å². The van der Waals surface area contributed by atoms with Crippen LogP contribution < -0.4 is 0 Å². The van der Waals surface area contributed by atoms with Gasteiger partial charge in [-0.3, -0.25) is 14.7 Å². The number of amides is 1. The number of hydrogen-bond acceptors (Lipinski definition) is 3. The zero-order valence-corrected chi connectivity index (χ0v) is 15.5. The number of rotatable bonds is 2. The maximum Gasteiger partial charge on any atom is 0.254 e. The Hall–Kier alpha value is -1.94. The molecular weight excluding hydrogens is 310 g/mol. The van der Waals surface area contributed by atoms with Crippen molar-refractivity contribution in [1.29, 1.82) is 0 Å². The van der Waals surface area contributed by atoms with Crippen molar-refractivity contribution in [2.75, 3.05) is 26.2 Å². The lowest BCUT2D eigenvalue weighted by Gasteiger charge is -2.46. The fourth-order valence-corrected chi connectivity index (χ4v) is 4.16. The van der Waals surface area contributed by atoms with Gasteiger partial charge in [0.15, 0.2) is 0 Å². The first-order valence-corrected chi connectivity index (χ1v) is 9.45. The van der Waals surface area contributed by atoms with Gasteiger partial charge in [-0.15, -0.1) is 0 Å². The predicted molar refractivity (Wildman–Crippen MR) is 101 cm³/mol. The van der Waals surface area contributed by atoms with Gasteiger partial charge < -0.3 is 4.90 Å². The fraction of sp³-hybridized carbons (Fsp3) is 0.524. The molecule has 2 saturated heterocycles. The van der Waals surface area contributed by atoms with E-state index in [2.05, 4.69) is 28.9 Å². The lowest BCUT2D eigenvalue weighted by Crippen LogP contribution is -2.61. The summed E-state index contributed by atoms with van der Waals surface area (Å²) in [4.78, 5) is 22.5. The SMILES string of the molecule is Cc1ccc2nc(C)c(C)c(C(=O)N3CC(N4CCCCC4)C3)c2c1. The van der Waals surface area contributed by atoms with Crippen molar-refractivity contribution in [2.24, 2.45) is 0 Å². The summed E-state index contributed by atoms with van der Waals surface area (Å²) in [7, 11) is 0. The van der Waals surface area contributed by atoms with Crippen molar-refractivity contribution < 1.29 is 4.79 Å². The molecular formula is C21H27N3O. The van der Waals surface area contributed by atoms with Gasteiger partial charge in [-0.1, -0.05) is 18.1 Å². The van der Waals surface area contributed by atoms with Crippen LogP contribution in [0.5, 0.6) is 0 Å². The Bertz CT molecular complexity index is 817. The standard InChI is InChI=1S/C21H27N3O/c1-14-7-8-19-18(11-14)20(15(2)16(3)22-19)21(25)24-12-17(13-24)23-9-5-4-6-10-23/h7-8,11,17H,4-6,9-10,12-13H2,1-3H3. The third-order valence-electron chi connectivity index (χ3n) is 5.90. The molecule has 0 unspecified atom stereocenters. The van der Waals surface area contributed by atoms with E-state index in [1.54, 1.807) is 0 Å². The number of pyridine rings is 1. The molecule has 4 heteroatoms. The Morgan fingerprint density at radius 1 is 1.08 bits per heavy atom. The van der Waals surface area contributed by atoms with E-state index in [4.69, 9.17) is 0 Å². The third kappa shape index (κ3) is 2.93. The number of nitrogens with zero attached hydrogens (tertiary/aromatic N) is 3. The number of hydrogen-bond donors (Lipinski definition) is 0. The van der Waals surface area contributed by atoms with Gasteiger partial charge >= 0.3 is 0 Å². The minimum Gasteiger partial charge on any atom is -0.335 e. The van der Waals surface area contributed by atoms with E-state index in [-0.39, 0.29) is 5.91 Å². The molecule has 1 aromatic heterocycles. The van der Waals surface area contributed by atoms with E-state index < -0.39 is 0 Å². The summed E-state index contributed by atoms with van der Waals surface area (Å²) in [5.74, 6) is 0.173. The van der Waals surface area contributed by atoms with E-state index in [1.807, 2.05) is 24.8 Å². The van der Waals surface area contributed by atoms with Crippen molar-refractivity contribution in [3.8, 4) is 0 Å². The van der Waals surface area contributed by atoms with Crippen LogP contribution in [0, 0.1) is 20.8 Å². The number of fused-ring (bicyclic) bond motifs is 1. The molecule has 0 aliphatic carbocycles. The van der Waals surface area contributed by atoms with Crippen LogP contribution in [0.3, 0.4) is 0 Å². The first-order chi connectivity index (χ1) is 12.0. The first-order valence-electron chi connectivity index (χ1n) is 9.45. The lowest BCUT2D eigenvalue weighted by atomic mass is 9.96. The van der Waals surface area contributed by atoms with E-state index in [0.29, 0.717) is 6.04 Å². The fourth-order valence-electron chi connectivity index (χ4n) is 4.16. The molecule has 0 saturated carbocycles. The van der Waals surface area contributed by atoms with Gasteiger partial charge in [-0.2, -0.15) is 0 Å². The molecule has 4 nitrogen and oxygen atoms in total. The minimum absolute atomic E-state index is 0.173. The van der Waals surface area contributed by atoms with E-state index >= 15 is 0 Å². The van der Waals surface area contributed by atoms with E-state index in [1.165, 1.54) is 37.9 Å². The van der Waals surface area contributed by atoms with Crippen LogP contribution in [-0.4, -0.2) is 52.9 Å². The maximum atomic E-state index is 13.2. The smallest absolute Gasteiger partial charge is 0.254 e. The van der Waals surface area contributed by atoms with E-state index in [9.17, 15) is 4.79 Å². The van der Waals surface area contributed by atoms with Gasteiger partial charge in [0.25, 0.3) is 5.91 Å². The van der Waals surface area contributed by atoms with Gasteiger partial charge in [0, 0.05) is 30.2 Å². The van der Waals surface area contributed by atoms with Crippen LogP contribution in [-0.2, 0) is 0 Å². The van der Waals surface area contributed by atoms with Crippen molar-refractivity contribution in [3.63, 3.8) is 0 Å². The number of aryl methyl sites for hydroxylation is 2. The molecule has 25 heavy (non-hydrogen) atoms. The molecule has 0 bridgehead atoms. The molecule has 1 aromatic carbocycles. The van der Waals surface area contributed by atoms with Crippen molar-refractivity contribution in [1.82, 2.24) is 14.8 Å². The summed E-state index contributed by atoms with van der Waals surface area (Å²) < 4.78 is 0. The van der Waals surface area contributed by atoms with Crippen molar-refractivity contribution in [2.45, 2.75) is 46.1 Å². The molecule has 4 rings (SSSR count). The third-order valence-corrected chi connectivity index (χ3v) is 5.90. The molecule has 3 heterocycles. The monoisotopic (exact) mass is 337 g/mol. The van der Waals surface area contributed by atoms with Gasteiger partial charge in [-0.25, -0.2) is 0 Å². The number of carbonyl (C=O) groups excluding carboxylic acids is 1. The van der Waals surface area contributed by atoms with Crippen LogP contribution in [0.1, 0.15) is 46.4 Å². The van der Waals surface area contributed by atoms with Crippen LogP contribution in [0.4, 0.5) is 0 Å². The summed E-state index contributed by atoms with van der Waals surface area (Å²) in [5, 5.41) is 0.995. The molecule has 0 N–H and O–H groups in total. The Morgan fingerprint density at radius 2 is 1.80 bits per heavy atom. The average molecular weight is 337 g/mol. The van der Waals surface area contributed by atoms with Gasteiger partial charge in [0.05, 0.1) is 11.1 Å². The van der Waals surface area contributed by atoms with Crippen LogP contribution in [0.2, 0.25) is 0 Å². The van der Waals surface area contributed by atoms with E-state index in [0.717, 1.165) is 40.8 Å². The summed E-state index contributed by atoms with van der Waals surface area (Å²) in [6, 6.07) is 6.75. The highest BCUT2D eigenvalue weighted by molar-refractivity contribution is 6.08. The quantitative estimate of drug-likeness (QED) is 0.842. The number of piperidine rings is 1. The summed E-state index contributed by atoms with van der Waals surface area (Å²) in [6.45, 7) is 10.2. The van der Waals surface area contributed by atoms with Crippen LogP contribution >= 0.6 is 0 Å². The second kappa shape index (κ2) is 6.41. The zero-order valence-electron chi connectivity index (χ0n) is 15.5. The van der Waals surface area contributed by atoms with Crippen molar-refractivity contribution >= 4 is 16.8 Å². The summed E-state index contributed by atoms with van der Waals surface area (Å²) in [6.07, 6.45) is 3.96. The number of aromatic nitrogens is 1. The highest BCUT2D eigenvalue weighted by Gasteiger charge is 2.36. The highest BCUT2D eigenvalue weighted by atomic mass is 16.2. The Kier molecular flexibility index (Phi) is 4.24. The molecule has 2 fully saturated rings. The molecule has 2 aliphatic rings. The summed E-state index contributed by atoms with van der Waals surface area (Å²) in [5.41, 5.74) is 4.91. The Balaban J connectivity index is 1.60. The molecule has 1 amide bonds. The zero-order chi connectivity index (χ0) is 17.6. The molecule has 0 spiro atoms. The number of carbonyl (C=O) groups is 1. The maximum absolute atomic E-state index is 13.2. The second-order valence-electron chi connectivity index (χ2n) is 7.68. The van der Waals surface area contributed by atoms with Gasteiger partial charge in [-0.05, 0) is 64.4 Å². The van der Waals surface area contributed by atoms with Crippen LogP contribution in [0.25, 0.3) is 10.9 Å². The summed E-state index contributed by atoms with van der Waals surface area (Å²) >= 11 is 0. The molecule has 0 atom stereocenters.